The van der Waals surface area contributed by atoms with Crippen molar-refractivity contribution in [1.82, 2.24) is 10.2 Å². The van der Waals surface area contributed by atoms with E-state index in [1.54, 1.807) is 0 Å². The summed E-state index contributed by atoms with van der Waals surface area (Å²) in [4.78, 5) is 13.2. The Kier molecular flexibility index (Phi) is 1.94. The molecule has 1 saturated carbocycles. The van der Waals surface area contributed by atoms with E-state index in [9.17, 15) is 4.79 Å². The first-order chi connectivity index (χ1) is 5.36. The second-order valence-corrected chi connectivity index (χ2v) is 4.10. The summed E-state index contributed by atoms with van der Waals surface area (Å²) in [7, 11) is 0. The van der Waals surface area contributed by atoms with Crippen molar-refractivity contribution in [3.63, 3.8) is 0 Å². The lowest BCUT2D eigenvalue weighted by Crippen LogP contribution is -2.39. The molecule has 0 radical (unpaired) electrons. The van der Waals surface area contributed by atoms with Crippen molar-refractivity contribution in [3.05, 3.63) is 0 Å². The highest BCUT2D eigenvalue weighted by Gasteiger charge is 2.26. The maximum atomic E-state index is 11.3. The van der Waals surface area contributed by atoms with Gasteiger partial charge in [-0.3, -0.25) is 0 Å². The maximum Gasteiger partial charge on any atom is 0.318 e. The summed E-state index contributed by atoms with van der Waals surface area (Å²) >= 11 is 1.82. The van der Waals surface area contributed by atoms with E-state index in [2.05, 4.69) is 5.32 Å². The van der Waals surface area contributed by atoms with Crippen LogP contribution >= 0.6 is 11.8 Å². The van der Waals surface area contributed by atoms with Crippen LogP contribution in [0.15, 0.2) is 0 Å². The van der Waals surface area contributed by atoms with Crippen molar-refractivity contribution in [2.75, 3.05) is 18.2 Å². The van der Waals surface area contributed by atoms with Gasteiger partial charge in [0.05, 0.1) is 5.88 Å². The fourth-order valence-corrected chi connectivity index (χ4v) is 2.01. The third kappa shape index (κ3) is 1.80. The molecule has 1 N–H and O–H groups in total. The number of carbonyl (C=O) groups is 1. The summed E-state index contributed by atoms with van der Waals surface area (Å²) in [6.45, 7) is 0.920. The zero-order valence-electron chi connectivity index (χ0n) is 6.38. The minimum Gasteiger partial charge on any atom is -0.335 e. The predicted octanol–water partition coefficient (Wildman–Crippen LogP) is 0.865. The molecule has 2 fully saturated rings. The molecular weight excluding hydrogens is 160 g/mol. The predicted molar refractivity (Wildman–Crippen MR) is 45.6 cm³/mol. The first-order valence-electron chi connectivity index (χ1n) is 3.99. The van der Waals surface area contributed by atoms with Crippen molar-refractivity contribution >= 4 is 17.8 Å². The van der Waals surface area contributed by atoms with E-state index in [-0.39, 0.29) is 6.03 Å². The van der Waals surface area contributed by atoms with Gasteiger partial charge in [-0.15, -0.1) is 11.8 Å². The van der Waals surface area contributed by atoms with Crippen LogP contribution in [0.5, 0.6) is 0 Å². The van der Waals surface area contributed by atoms with Crippen LogP contribution in [-0.4, -0.2) is 35.1 Å². The number of nitrogens with zero attached hydrogens (tertiary/aromatic N) is 1. The zero-order chi connectivity index (χ0) is 7.68. The molecule has 2 rings (SSSR count). The molecule has 4 heteroatoms. The van der Waals surface area contributed by atoms with Gasteiger partial charge in [-0.1, -0.05) is 0 Å². The number of carbonyl (C=O) groups excluding carboxylic acids is 1. The molecule has 0 aromatic carbocycles. The molecule has 0 aromatic heterocycles. The lowest BCUT2D eigenvalue weighted by atomic mass is 10.6. The lowest BCUT2D eigenvalue weighted by molar-refractivity contribution is 0.211. The minimum absolute atomic E-state index is 0.137. The summed E-state index contributed by atoms with van der Waals surface area (Å²) in [5.41, 5.74) is 0. The van der Waals surface area contributed by atoms with Crippen molar-refractivity contribution in [2.45, 2.75) is 18.9 Å². The molecule has 0 bridgehead atoms. The Hall–Kier alpha value is -0.380. The summed E-state index contributed by atoms with van der Waals surface area (Å²) in [5, 5.41) is 2.97. The van der Waals surface area contributed by atoms with Crippen LogP contribution in [0.3, 0.4) is 0 Å². The fraction of sp³-hybridized carbons (Fsp3) is 0.857. The van der Waals surface area contributed by atoms with Gasteiger partial charge >= 0.3 is 6.03 Å². The van der Waals surface area contributed by atoms with Crippen LogP contribution < -0.4 is 5.32 Å². The van der Waals surface area contributed by atoms with Crippen LogP contribution in [0.2, 0.25) is 0 Å². The number of thioether (sulfide) groups is 1. The monoisotopic (exact) mass is 172 g/mol. The van der Waals surface area contributed by atoms with Gasteiger partial charge in [0, 0.05) is 18.3 Å². The molecule has 3 nitrogen and oxygen atoms in total. The number of urea groups is 1. The van der Waals surface area contributed by atoms with E-state index in [0.717, 1.165) is 18.2 Å². The summed E-state index contributed by atoms with van der Waals surface area (Å²) in [5.74, 6) is 1.97. The van der Waals surface area contributed by atoms with E-state index in [4.69, 9.17) is 0 Å². The topological polar surface area (TPSA) is 32.3 Å². The SMILES string of the molecule is O=C(NC1CC1)N1CCSC1. The second kappa shape index (κ2) is 2.93. The summed E-state index contributed by atoms with van der Waals surface area (Å²) in [6.07, 6.45) is 2.35. The van der Waals surface area contributed by atoms with Gasteiger partial charge in [0.25, 0.3) is 0 Å². The van der Waals surface area contributed by atoms with E-state index >= 15 is 0 Å². The molecule has 0 atom stereocenters. The van der Waals surface area contributed by atoms with E-state index in [1.165, 1.54) is 12.8 Å². The number of hydrogen-bond donors (Lipinski definition) is 1. The van der Waals surface area contributed by atoms with Crippen molar-refractivity contribution in [2.24, 2.45) is 0 Å². The van der Waals surface area contributed by atoms with Crippen LogP contribution in [0, 0.1) is 0 Å². The summed E-state index contributed by atoms with van der Waals surface area (Å²) < 4.78 is 0. The number of hydrogen-bond acceptors (Lipinski definition) is 2. The Morgan fingerprint density at radius 2 is 2.36 bits per heavy atom. The fourth-order valence-electron chi connectivity index (χ4n) is 1.07. The van der Waals surface area contributed by atoms with Crippen molar-refractivity contribution in [1.29, 1.82) is 0 Å². The van der Waals surface area contributed by atoms with Crippen LogP contribution in [-0.2, 0) is 0 Å². The summed E-state index contributed by atoms with van der Waals surface area (Å²) in [6, 6.07) is 0.630. The Morgan fingerprint density at radius 3 is 2.91 bits per heavy atom. The van der Waals surface area contributed by atoms with E-state index in [1.807, 2.05) is 16.7 Å². The number of rotatable bonds is 1. The Balaban J connectivity index is 1.77. The minimum atomic E-state index is 0.137. The highest BCUT2D eigenvalue weighted by atomic mass is 32.2. The molecule has 0 spiro atoms. The lowest BCUT2D eigenvalue weighted by Gasteiger charge is -2.14. The zero-order valence-corrected chi connectivity index (χ0v) is 7.19. The van der Waals surface area contributed by atoms with Gasteiger partial charge < -0.3 is 10.2 Å². The van der Waals surface area contributed by atoms with Gasteiger partial charge in [-0.25, -0.2) is 4.79 Å². The first kappa shape index (κ1) is 7.28. The highest BCUT2D eigenvalue weighted by Crippen LogP contribution is 2.20. The third-order valence-electron chi connectivity index (χ3n) is 1.94. The molecular formula is C7H12N2OS. The molecule has 0 unspecified atom stereocenters. The first-order valence-corrected chi connectivity index (χ1v) is 5.15. The molecule has 1 heterocycles. The van der Waals surface area contributed by atoms with E-state index in [0.29, 0.717) is 6.04 Å². The molecule has 1 saturated heterocycles. The Labute approximate surface area is 70.5 Å². The Bertz CT molecular complexity index is 164. The standard InChI is InChI=1S/C7H12N2OS/c10-7(8-6-1-2-6)9-3-4-11-5-9/h6H,1-5H2,(H,8,10). The van der Waals surface area contributed by atoms with Gasteiger partial charge in [0.1, 0.15) is 0 Å². The number of nitrogens with one attached hydrogen (secondary N) is 1. The Morgan fingerprint density at radius 1 is 1.55 bits per heavy atom. The van der Waals surface area contributed by atoms with Gasteiger partial charge in [-0.2, -0.15) is 0 Å². The molecule has 2 aliphatic rings. The van der Waals surface area contributed by atoms with Crippen LogP contribution in [0.25, 0.3) is 0 Å². The average Bonchev–Trinajstić information content (AvgIpc) is 2.67. The normalized spacial score (nSPS) is 23.8. The van der Waals surface area contributed by atoms with Crippen LogP contribution in [0.4, 0.5) is 4.79 Å². The van der Waals surface area contributed by atoms with Crippen molar-refractivity contribution in [3.8, 4) is 0 Å². The molecule has 62 valence electrons. The molecule has 1 aliphatic heterocycles. The van der Waals surface area contributed by atoms with Crippen molar-refractivity contribution < 1.29 is 4.79 Å². The van der Waals surface area contributed by atoms with Gasteiger partial charge in [0.15, 0.2) is 0 Å². The van der Waals surface area contributed by atoms with Gasteiger partial charge in [-0.05, 0) is 12.8 Å². The molecule has 1 aliphatic carbocycles. The van der Waals surface area contributed by atoms with Crippen LogP contribution in [0.1, 0.15) is 12.8 Å². The maximum absolute atomic E-state index is 11.3. The average molecular weight is 172 g/mol. The third-order valence-corrected chi connectivity index (χ3v) is 2.91. The largest absolute Gasteiger partial charge is 0.335 e. The second-order valence-electron chi connectivity index (χ2n) is 3.02. The quantitative estimate of drug-likeness (QED) is 0.636. The van der Waals surface area contributed by atoms with Gasteiger partial charge in [0.2, 0.25) is 0 Å². The molecule has 0 aromatic rings. The molecule has 11 heavy (non-hydrogen) atoms. The highest BCUT2D eigenvalue weighted by molar-refractivity contribution is 7.99. The van der Waals surface area contributed by atoms with E-state index < -0.39 is 0 Å². The smallest absolute Gasteiger partial charge is 0.318 e. The number of amides is 2. The molecule has 2 amide bonds.